The Hall–Kier alpha value is -2.03. The predicted octanol–water partition coefficient (Wildman–Crippen LogP) is 2.19. The number of hydrogen-bond donors (Lipinski definition) is 5. The number of rotatable bonds is 11. The zero-order valence-corrected chi connectivity index (χ0v) is 22.8. The molecule has 1 unspecified atom stereocenters. The van der Waals surface area contributed by atoms with Crippen molar-refractivity contribution in [1.29, 1.82) is 0 Å². The average molecular weight is 559 g/mol. The third-order valence-corrected chi connectivity index (χ3v) is 9.29. The lowest BCUT2D eigenvalue weighted by atomic mass is 10.1. The van der Waals surface area contributed by atoms with Crippen LogP contribution in [0.15, 0.2) is 41.3 Å². The number of fused-ring (bicyclic) bond motifs is 1. The molecule has 1 fully saturated rings. The number of aliphatic carboxylic acids is 2. The van der Waals surface area contributed by atoms with Crippen LogP contribution >= 0.6 is 21.6 Å². The Kier molecular flexibility index (Phi) is 12.3. The SMILES string of the molecule is C1CCNCC1.CN(C)c1cccc2c(S(=O)(=O)N[C@@H](CSSCC(N)C(=O)O)C(=O)O)cccc12. The van der Waals surface area contributed by atoms with Crippen molar-refractivity contribution in [1.82, 2.24) is 10.0 Å². The highest BCUT2D eigenvalue weighted by atomic mass is 33.1. The highest BCUT2D eigenvalue weighted by Crippen LogP contribution is 2.30. The lowest BCUT2D eigenvalue weighted by molar-refractivity contribution is -0.139. The standard InChI is InChI=1S/C18H23N3O6S3.C5H11N/c1-21(2)15-7-3-6-12-11(15)5-4-8-16(12)30(26,27)20-14(18(24)25)10-29-28-9-13(19)17(22)23;1-2-4-6-5-3-1/h3-8,13-14,20H,9-10,19H2,1-2H3,(H,22,23)(H,24,25);6H,1-5H2/t13?,14-;/m0./s1. The van der Waals surface area contributed by atoms with E-state index in [1.54, 1.807) is 24.3 Å². The van der Waals surface area contributed by atoms with Crippen LogP contribution in [0.3, 0.4) is 0 Å². The smallest absolute Gasteiger partial charge is 0.322 e. The quantitative estimate of drug-likeness (QED) is 0.203. The minimum absolute atomic E-state index is 0.0134. The minimum atomic E-state index is -4.13. The first-order valence-electron chi connectivity index (χ1n) is 11.4. The molecule has 2 atom stereocenters. The molecule has 13 heteroatoms. The molecule has 0 amide bonds. The summed E-state index contributed by atoms with van der Waals surface area (Å²) in [5, 5.41) is 22.7. The third kappa shape index (κ3) is 9.12. The van der Waals surface area contributed by atoms with E-state index in [9.17, 15) is 23.1 Å². The first kappa shape index (κ1) is 30.2. The van der Waals surface area contributed by atoms with Crippen molar-refractivity contribution in [2.75, 3.05) is 43.6 Å². The fraction of sp³-hybridized carbons (Fsp3) is 0.478. The minimum Gasteiger partial charge on any atom is -0.480 e. The molecule has 1 saturated heterocycles. The average Bonchev–Trinajstić information content (AvgIpc) is 2.86. The van der Waals surface area contributed by atoms with Crippen LogP contribution in [0.25, 0.3) is 10.8 Å². The number of carbonyl (C=O) groups is 2. The first-order valence-corrected chi connectivity index (χ1v) is 15.4. The Balaban J connectivity index is 0.000000662. The van der Waals surface area contributed by atoms with E-state index in [2.05, 4.69) is 10.0 Å². The highest BCUT2D eigenvalue weighted by Gasteiger charge is 2.27. The Morgan fingerprint density at radius 3 is 2.14 bits per heavy atom. The van der Waals surface area contributed by atoms with Gasteiger partial charge >= 0.3 is 11.9 Å². The van der Waals surface area contributed by atoms with Crippen LogP contribution in [0.1, 0.15) is 19.3 Å². The number of benzene rings is 2. The van der Waals surface area contributed by atoms with Gasteiger partial charge in [0.1, 0.15) is 12.1 Å². The van der Waals surface area contributed by atoms with Gasteiger partial charge in [0, 0.05) is 42.1 Å². The number of nitrogens with one attached hydrogen (secondary N) is 2. The zero-order valence-electron chi connectivity index (χ0n) is 20.3. The molecule has 0 spiro atoms. The van der Waals surface area contributed by atoms with Gasteiger partial charge in [0.2, 0.25) is 10.0 Å². The molecule has 200 valence electrons. The lowest BCUT2D eigenvalue weighted by Crippen LogP contribution is -2.42. The van der Waals surface area contributed by atoms with E-state index >= 15 is 0 Å². The summed E-state index contributed by atoms with van der Waals surface area (Å²) in [6.45, 7) is 2.50. The molecule has 0 radical (unpaired) electrons. The monoisotopic (exact) mass is 558 g/mol. The van der Waals surface area contributed by atoms with Gasteiger partial charge < -0.3 is 26.2 Å². The van der Waals surface area contributed by atoms with Crippen LogP contribution in [-0.4, -0.2) is 81.3 Å². The highest BCUT2D eigenvalue weighted by molar-refractivity contribution is 8.76. The topological polar surface area (TPSA) is 162 Å². The summed E-state index contributed by atoms with van der Waals surface area (Å²) < 4.78 is 28.2. The second kappa shape index (κ2) is 14.6. The molecule has 10 nitrogen and oxygen atoms in total. The molecule has 0 aliphatic carbocycles. The van der Waals surface area contributed by atoms with Gasteiger partial charge in [-0.05, 0) is 38.1 Å². The first-order chi connectivity index (χ1) is 17.0. The number of hydrogen-bond acceptors (Lipinski definition) is 9. The molecule has 6 N–H and O–H groups in total. The van der Waals surface area contributed by atoms with Crippen LogP contribution in [0.4, 0.5) is 5.69 Å². The van der Waals surface area contributed by atoms with Gasteiger partial charge in [-0.3, -0.25) is 9.59 Å². The molecule has 2 aromatic carbocycles. The maximum absolute atomic E-state index is 13.0. The molecular formula is C23H34N4O6S3. The molecule has 3 rings (SSSR count). The largest absolute Gasteiger partial charge is 0.480 e. The van der Waals surface area contributed by atoms with Crippen LogP contribution in [-0.2, 0) is 19.6 Å². The summed E-state index contributed by atoms with van der Waals surface area (Å²) in [6.07, 6.45) is 4.22. The molecule has 0 saturated carbocycles. The molecule has 1 heterocycles. The summed E-state index contributed by atoms with van der Waals surface area (Å²) in [7, 11) is 1.68. The summed E-state index contributed by atoms with van der Waals surface area (Å²) in [6, 6.07) is 7.64. The molecule has 36 heavy (non-hydrogen) atoms. The van der Waals surface area contributed by atoms with Crippen molar-refractivity contribution < 1.29 is 28.2 Å². The summed E-state index contributed by atoms with van der Waals surface area (Å²) in [4.78, 5) is 24.1. The van der Waals surface area contributed by atoms with E-state index < -0.39 is 34.0 Å². The van der Waals surface area contributed by atoms with Crippen molar-refractivity contribution in [3.05, 3.63) is 36.4 Å². The van der Waals surface area contributed by atoms with E-state index in [0.717, 1.165) is 32.7 Å². The van der Waals surface area contributed by atoms with Gasteiger partial charge in [0.05, 0.1) is 4.90 Å². The van der Waals surface area contributed by atoms with Gasteiger partial charge in [-0.15, -0.1) is 0 Å². The molecule has 0 bridgehead atoms. The Morgan fingerprint density at radius 2 is 1.61 bits per heavy atom. The lowest BCUT2D eigenvalue weighted by Gasteiger charge is -2.18. The zero-order chi connectivity index (χ0) is 26.7. The van der Waals surface area contributed by atoms with Crippen LogP contribution in [0, 0.1) is 0 Å². The molecule has 1 aliphatic rings. The number of nitrogens with zero attached hydrogens (tertiary/aromatic N) is 1. The molecule has 0 aromatic heterocycles. The second-order valence-corrected chi connectivity index (χ2v) is 12.6. The fourth-order valence-electron chi connectivity index (χ4n) is 3.41. The maximum atomic E-state index is 13.0. The summed E-state index contributed by atoms with van der Waals surface area (Å²) in [5.41, 5.74) is 6.23. The van der Waals surface area contributed by atoms with E-state index in [0.29, 0.717) is 5.39 Å². The van der Waals surface area contributed by atoms with Crippen molar-refractivity contribution in [2.24, 2.45) is 5.73 Å². The number of carboxylic acid groups (broad SMARTS) is 2. The van der Waals surface area contributed by atoms with Crippen molar-refractivity contribution in [3.63, 3.8) is 0 Å². The number of piperidine rings is 1. The van der Waals surface area contributed by atoms with Gasteiger partial charge in [-0.1, -0.05) is 52.3 Å². The number of anilines is 1. The third-order valence-electron chi connectivity index (χ3n) is 5.32. The Labute approximate surface area is 219 Å². The number of sulfonamides is 1. The van der Waals surface area contributed by atoms with Gasteiger partial charge in [0.15, 0.2) is 0 Å². The van der Waals surface area contributed by atoms with Gasteiger partial charge in [-0.2, -0.15) is 4.72 Å². The molecule has 2 aromatic rings. The van der Waals surface area contributed by atoms with Crippen molar-refractivity contribution in [2.45, 2.75) is 36.2 Å². The Bertz CT molecular complexity index is 1110. The summed E-state index contributed by atoms with van der Waals surface area (Å²) >= 11 is 0. The fourth-order valence-corrected chi connectivity index (χ4v) is 7.19. The second-order valence-electron chi connectivity index (χ2n) is 8.36. The summed E-state index contributed by atoms with van der Waals surface area (Å²) in [5.74, 6) is -2.52. The van der Waals surface area contributed by atoms with Crippen LogP contribution in [0.5, 0.6) is 0 Å². The van der Waals surface area contributed by atoms with Crippen molar-refractivity contribution >= 4 is 60.0 Å². The van der Waals surface area contributed by atoms with E-state index in [-0.39, 0.29) is 16.4 Å². The molecular weight excluding hydrogens is 524 g/mol. The molecule has 1 aliphatic heterocycles. The van der Waals surface area contributed by atoms with Crippen molar-refractivity contribution in [3.8, 4) is 0 Å². The van der Waals surface area contributed by atoms with Crippen LogP contribution in [0.2, 0.25) is 0 Å². The predicted molar refractivity (Wildman–Crippen MR) is 147 cm³/mol. The normalized spacial score (nSPS) is 15.4. The maximum Gasteiger partial charge on any atom is 0.322 e. The van der Waals surface area contributed by atoms with E-state index in [1.165, 1.54) is 38.4 Å². The van der Waals surface area contributed by atoms with E-state index in [1.807, 2.05) is 25.1 Å². The van der Waals surface area contributed by atoms with E-state index in [4.69, 9.17) is 10.8 Å². The number of carboxylic acids is 2. The van der Waals surface area contributed by atoms with Crippen LogP contribution < -0.4 is 20.7 Å². The van der Waals surface area contributed by atoms with Gasteiger partial charge in [-0.25, -0.2) is 8.42 Å². The van der Waals surface area contributed by atoms with Gasteiger partial charge in [0.25, 0.3) is 0 Å². The number of nitrogens with two attached hydrogens (primary N) is 1. The Morgan fingerprint density at radius 1 is 1.00 bits per heavy atom.